The van der Waals surface area contributed by atoms with Crippen LogP contribution < -0.4 is 10.6 Å². The van der Waals surface area contributed by atoms with Crippen molar-refractivity contribution in [2.24, 2.45) is 0 Å². The maximum atomic E-state index is 12.6. The van der Waals surface area contributed by atoms with Gasteiger partial charge in [0, 0.05) is 38.6 Å². The molecule has 0 aromatic carbocycles. The summed E-state index contributed by atoms with van der Waals surface area (Å²) < 4.78 is 13.0. The molecule has 3 heterocycles. The third-order valence-electron chi connectivity index (χ3n) is 5.02. The zero-order valence-corrected chi connectivity index (χ0v) is 14.8. The van der Waals surface area contributed by atoms with Crippen LogP contribution in [0.4, 0.5) is 0 Å². The zero-order valence-electron chi connectivity index (χ0n) is 14.8. The lowest BCUT2D eigenvalue weighted by Crippen LogP contribution is -2.51. The van der Waals surface area contributed by atoms with Crippen molar-refractivity contribution in [2.75, 3.05) is 26.9 Å². The summed E-state index contributed by atoms with van der Waals surface area (Å²) in [6.07, 6.45) is 3.35. The molecule has 2 aliphatic rings. The third-order valence-corrected chi connectivity index (χ3v) is 5.02. The minimum atomic E-state index is -0.201. The van der Waals surface area contributed by atoms with Crippen LogP contribution in [-0.4, -0.2) is 60.1 Å². The molecule has 2 saturated heterocycles. The number of rotatable bonds is 4. The van der Waals surface area contributed by atoms with Crippen LogP contribution in [0.1, 0.15) is 41.9 Å². The van der Waals surface area contributed by atoms with E-state index in [1.165, 1.54) is 4.68 Å². The second-order valence-electron chi connectivity index (χ2n) is 6.81. The summed E-state index contributed by atoms with van der Waals surface area (Å²) in [4.78, 5) is 24.1. The van der Waals surface area contributed by atoms with E-state index in [4.69, 9.17) is 9.47 Å². The second-order valence-corrected chi connectivity index (χ2v) is 6.81. The van der Waals surface area contributed by atoms with Gasteiger partial charge in [-0.2, -0.15) is 5.10 Å². The number of aryl methyl sites for hydroxylation is 1. The topological polar surface area (TPSA) is 94.5 Å². The maximum Gasteiger partial charge on any atom is 0.272 e. The highest BCUT2D eigenvalue weighted by Crippen LogP contribution is 2.34. The zero-order chi connectivity index (χ0) is 17.9. The van der Waals surface area contributed by atoms with Gasteiger partial charge in [0.15, 0.2) is 0 Å². The van der Waals surface area contributed by atoms with Gasteiger partial charge in [-0.3, -0.25) is 14.3 Å². The number of ether oxygens (including phenoxy) is 2. The van der Waals surface area contributed by atoms with Crippen molar-refractivity contribution in [2.45, 2.75) is 50.8 Å². The Morgan fingerprint density at radius 1 is 1.36 bits per heavy atom. The summed E-state index contributed by atoms with van der Waals surface area (Å²) in [6.45, 7) is 4.01. The van der Waals surface area contributed by atoms with E-state index in [0.29, 0.717) is 25.5 Å². The first-order valence-electron chi connectivity index (χ1n) is 8.79. The highest BCUT2D eigenvalue weighted by atomic mass is 16.5. The number of carbonyl (C=O) groups is 2. The van der Waals surface area contributed by atoms with E-state index in [0.717, 1.165) is 31.4 Å². The van der Waals surface area contributed by atoms with Gasteiger partial charge in [-0.1, -0.05) is 0 Å². The monoisotopic (exact) mass is 350 g/mol. The van der Waals surface area contributed by atoms with Crippen LogP contribution in [0.2, 0.25) is 0 Å². The smallest absolute Gasteiger partial charge is 0.272 e. The van der Waals surface area contributed by atoms with Crippen molar-refractivity contribution in [1.82, 2.24) is 20.4 Å². The molecule has 1 atom stereocenters. The molecule has 0 aliphatic carbocycles. The van der Waals surface area contributed by atoms with Crippen molar-refractivity contribution < 1.29 is 19.1 Å². The summed E-state index contributed by atoms with van der Waals surface area (Å²) >= 11 is 0. The van der Waals surface area contributed by atoms with Crippen LogP contribution in [0, 0.1) is 6.92 Å². The Hall–Kier alpha value is -1.93. The molecule has 2 fully saturated rings. The molecule has 8 heteroatoms. The molecule has 1 aromatic rings. The highest BCUT2D eigenvalue weighted by molar-refractivity contribution is 5.92. The van der Waals surface area contributed by atoms with Crippen LogP contribution in [0.5, 0.6) is 0 Å². The standard InChI is InChI=1S/C17H26N4O4/c1-12-9-14(20-21(12)11-15(22)18-2)16(23)19-13-3-6-25-17(10-13)4-7-24-8-5-17/h9,13H,3-8,10-11H2,1-2H3,(H,18,22)(H,19,23)/t13-/m0/s1. The van der Waals surface area contributed by atoms with Crippen molar-refractivity contribution in [1.29, 1.82) is 0 Å². The summed E-state index contributed by atoms with van der Waals surface area (Å²) in [5.41, 5.74) is 0.957. The summed E-state index contributed by atoms with van der Waals surface area (Å²) in [6, 6.07) is 1.78. The van der Waals surface area contributed by atoms with E-state index in [2.05, 4.69) is 15.7 Å². The van der Waals surface area contributed by atoms with Gasteiger partial charge < -0.3 is 20.1 Å². The molecule has 1 spiro atoms. The van der Waals surface area contributed by atoms with Crippen molar-refractivity contribution in [3.8, 4) is 0 Å². The average Bonchev–Trinajstić information content (AvgIpc) is 2.96. The quantitative estimate of drug-likeness (QED) is 0.819. The van der Waals surface area contributed by atoms with E-state index >= 15 is 0 Å². The van der Waals surface area contributed by atoms with E-state index in [-0.39, 0.29) is 30.0 Å². The van der Waals surface area contributed by atoms with Crippen LogP contribution in [-0.2, 0) is 20.8 Å². The molecule has 2 N–H and O–H groups in total. The van der Waals surface area contributed by atoms with Crippen molar-refractivity contribution >= 4 is 11.8 Å². The molecular weight excluding hydrogens is 324 g/mol. The molecule has 2 aliphatic heterocycles. The Balaban J connectivity index is 1.62. The van der Waals surface area contributed by atoms with E-state index in [9.17, 15) is 9.59 Å². The molecule has 0 radical (unpaired) electrons. The average molecular weight is 350 g/mol. The van der Waals surface area contributed by atoms with E-state index in [1.807, 2.05) is 6.92 Å². The number of hydrogen-bond acceptors (Lipinski definition) is 5. The summed E-state index contributed by atoms with van der Waals surface area (Å²) in [5, 5.41) is 9.89. The van der Waals surface area contributed by atoms with Gasteiger partial charge in [0.05, 0.1) is 5.60 Å². The minimum Gasteiger partial charge on any atom is -0.381 e. The molecule has 1 aromatic heterocycles. The van der Waals surface area contributed by atoms with Gasteiger partial charge in [0.1, 0.15) is 12.2 Å². The molecule has 0 saturated carbocycles. The Morgan fingerprint density at radius 2 is 2.12 bits per heavy atom. The molecule has 0 bridgehead atoms. The number of amides is 2. The summed E-state index contributed by atoms with van der Waals surface area (Å²) in [7, 11) is 1.58. The fourth-order valence-corrected chi connectivity index (χ4v) is 3.50. The number of aromatic nitrogens is 2. The Kier molecular flexibility index (Phi) is 5.39. The van der Waals surface area contributed by atoms with Gasteiger partial charge in [-0.25, -0.2) is 0 Å². The predicted molar refractivity (Wildman–Crippen MR) is 90.3 cm³/mol. The van der Waals surface area contributed by atoms with Gasteiger partial charge >= 0.3 is 0 Å². The molecule has 25 heavy (non-hydrogen) atoms. The number of hydrogen-bond donors (Lipinski definition) is 2. The van der Waals surface area contributed by atoms with Crippen LogP contribution in [0.3, 0.4) is 0 Å². The van der Waals surface area contributed by atoms with Gasteiger partial charge in [0.25, 0.3) is 5.91 Å². The SMILES string of the molecule is CNC(=O)Cn1nc(C(=O)N[C@H]2CCOC3(CCOCC3)C2)cc1C. The lowest BCUT2D eigenvalue weighted by Gasteiger charge is -2.43. The summed E-state index contributed by atoms with van der Waals surface area (Å²) in [5.74, 6) is -0.350. The molecule has 8 nitrogen and oxygen atoms in total. The van der Waals surface area contributed by atoms with Gasteiger partial charge in [-0.05, 0) is 38.7 Å². The normalized spacial score (nSPS) is 22.6. The van der Waals surface area contributed by atoms with E-state index < -0.39 is 0 Å². The second kappa shape index (κ2) is 7.53. The van der Waals surface area contributed by atoms with Crippen LogP contribution in [0.25, 0.3) is 0 Å². The van der Waals surface area contributed by atoms with Gasteiger partial charge in [0.2, 0.25) is 5.91 Å². The maximum absolute atomic E-state index is 12.6. The third kappa shape index (κ3) is 4.19. The Morgan fingerprint density at radius 3 is 2.84 bits per heavy atom. The first-order chi connectivity index (χ1) is 12.0. The van der Waals surface area contributed by atoms with Crippen molar-refractivity contribution in [3.63, 3.8) is 0 Å². The lowest BCUT2D eigenvalue weighted by atomic mass is 9.84. The van der Waals surface area contributed by atoms with Crippen LogP contribution in [0.15, 0.2) is 6.07 Å². The first-order valence-corrected chi connectivity index (χ1v) is 8.79. The number of nitrogens with zero attached hydrogens (tertiary/aromatic N) is 2. The largest absolute Gasteiger partial charge is 0.381 e. The number of carbonyl (C=O) groups excluding carboxylic acids is 2. The molecular formula is C17H26N4O4. The Labute approximate surface area is 147 Å². The number of likely N-dealkylation sites (N-methyl/N-ethyl adjacent to an activating group) is 1. The molecule has 0 unspecified atom stereocenters. The molecule has 2 amide bonds. The fourth-order valence-electron chi connectivity index (χ4n) is 3.50. The highest BCUT2D eigenvalue weighted by Gasteiger charge is 2.39. The van der Waals surface area contributed by atoms with E-state index in [1.54, 1.807) is 13.1 Å². The fraction of sp³-hybridized carbons (Fsp3) is 0.706. The Bertz CT molecular complexity index is 631. The molecule has 3 rings (SSSR count). The minimum absolute atomic E-state index is 0.0729. The number of nitrogens with one attached hydrogen (secondary N) is 2. The predicted octanol–water partition coefficient (Wildman–Crippen LogP) is 0.396. The van der Waals surface area contributed by atoms with Crippen LogP contribution >= 0.6 is 0 Å². The lowest BCUT2D eigenvalue weighted by molar-refractivity contribution is -0.139. The first kappa shape index (κ1) is 17.9. The van der Waals surface area contributed by atoms with Crippen molar-refractivity contribution in [3.05, 3.63) is 17.5 Å². The molecule has 138 valence electrons. The van der Waals surface area contributed by atoms with Gasteiger partial charge in [-0.15, -0.1) is 0 Å².